The number of nitrogens with zero attached hydrogens (tertiary/aromatic N) is 4. The van der Waals surface area contributed by atoms with Crippen molar-refractivity contribution in [1.82, 2.24) is 25.2 Å². The van der Waals surface area contributed by atoms with Gasteiger partial charge in [0.1, 0.15) is 0 Å². The van der Waals surface area contributed by atoms with E-state index in [2.05, 4.69) is 15.6 Å². The lowest BCUT2D eigenvalue weighted by Gasteiger charge is -2.32. The van der Waals surface area contributed by atoms with Gasteiger partial charge in [0.2, 0.25) is 0 Å². The van der Waals surface area contributed by atoms with Gasteiger partial charge in [0.25, 0.3) is 0 Å². The van der Waals surface area contributed by atoms with E-state index in [1.54, 1.807) is 17.1 Å². The Morgan fingerprint density at radius 3 is 2.58 bits per heavy atom. The third-order valence-electron chi connectivity index (χ3n) is 3.24. The number of halogens is 3. The van der Waals surface area contributed by atoms with E-state index in [1.165, 1.54) is 4.90 Å². The molecule has 1 aliphatic heterocycles. The van der Waals surface area contributed by atoms with Gasteiger partial charge in [0, 0.05) is 18.8 Å². The summed E-state index contributed by atoms with van der Waals surface area (Å²) in [5.74, 6) is 0. The van der Waals surface area contributed by atoms with E-state index >= 15 is 0 Å². The van der Waals surface area contributed by atoms with E-state index < -0.39 is 12.7 Å². The number of likely N-dealkylation sites (tertiary alicyclic amines) is 1. The zero-order valence-electron chi connectivity index (χ0n) is 10.6. The first-order chi connectivity index (χ1) is 9.03. The van der Waals surface area contributed by atoms with Crippen molar-refractivity contribution in [3.05, 3.63) is 12.4 Å². The molecular weight excluding hydrogens is 259 g/mol. The molecule has 0 amide bonds. The van der Waals surface area contributed by atoms with Crippen LogP contribution in [0.15, 0.2) is 12.4 Å². The van der Waals surface area contributed by atoms with Crippen LogP contribution < -0.4 is 5.32 Å². The van der Waals surface area contributed by atoms with Gasteiger partial charge in [-0.2, -0.15) is 13.2 Å². The van der Waals surface area contributed by atoms with Gasteiger partial charge in [-0.1, -0.05) is 5.21 Å². The topological polar surface area (TPSA) is 46.0 Å². The predicted molar refractivity (Wildman–Crippen MR) is 63.5 cm³/mol. The van der Waals surface area contributed by atoms with E-state index in [0.29, 0.717) is 19.1 Å². The zero-order valence-corrected chi connectivity index (χ0v) is 10.6. The second-order valence-corrected chi connectivity index (χ2v) is 4.79. The number of hydrogen-bond acceptors (Lipinski definition) is 4. The van der Waals surface area contributed by atoms with Crippen LogP contribution in [0.1, 0.15) is 12.8 Å². The molecule has 0 unspecified atom stereocenters. The first-order valence-electron chi connectivity index (χ1n) is 6.39. The van der Waals surface area contributed by atoms with E-state index in [4.69, 9.17) is 0 Å². The Bertz CT molecular complexity index is 357. The average molecular weight is 277 g/mol. The third kappa shape index (κ3) is 5.15. The van der Waals surface area contributed by atoms with Crippen LogP contribution in [0.3, 0.4) is 0 Å². The lowest BCUT2D eigenvalue weighted by Crippen LogP contribution is -2.46. The third-order valence-corrected chi connectivity index (χ3v) is 3.24. The molecule has 8 heteroatoms. The summed E-state index contributed by atoms with van der Waals surface area (Å²) >= 11 is 0. The molecule has 2 rings (SSSR count). The number of rotatable bonds is 5. The summed E-state index contributed by atoms with van der Waals surface area (Å²) in [6.07, 6.45) is 0.831. The fraction of sp³-hybridized carbons (Fsp3) is 0.818. The Morgan fingerprint density at radius 1 is 1.26 bits per heavy atom. The van der Waals surface area contributed by atoms with Crippen molar-refractivity contribution in [2.75, 3.05) is 26.2 Å². The second-order valence-electron chi connectivity index (χ2n) is 4.79. The van der Waals surface area contributed by atoms with Gasteiger partial charge in [0.15, 0.2) is 0 Å². The Labute approximate surface area is 109 Å². The van der Waals surface area contributed by atoms with Crippen molar-refractivity contribution in [2.45, 2.75) is 31.6 Å². The highest BCUT2D eigenvalue weighted by molar-refractivity contribution is 4.78. The van der Waals surface area contributed by atoms with Crippen LogP contribution in [-0.4, -0.2) is 58.3 Å². The van der Waals surface area contributed by atoms with Crippen molar-refractivity contribution in [3.8, 4) is 0 Å². The highest BCUT2D eigenvalue weighted by Gasteiger charge is 2.32. The van der Waals surface area contributed by atoms with Crippen molar-refractivity contribution < 1.29 is 13.2 Å². The number of nitrogens with one attached hydrogen (secondary N) is 1. The van der Waals surface area contributed by atoms with Gasteiger partial charge >= 0.3 is 6.18 Å². The number of hydrogen-bond donors (Lipinski definition) is 1. The zero-order chi connectivity index (χ0) is 13.7. The fourth-order valence-corrected chi connectivity index (χ4v) is 2.28. The number of alkyl halides is 3. The highest BCUT2D eigenvalue weighted by atomic mass is 19.4. The molecule has 19 heavy (non-hydrogen) atoms. The molecule has 1 aromatic rings. The van der Waals surface area contributed by atoms with Crippen molar-refractivity contribution in [2.24, 2.45) is 0 Å². The molecule has 2 heterocycles. The molecule has 1 aliphatic rings. The summed E-state index contributed by atoms with van der Waals surface area (Å²) < 4.78 is 38.4. The number of aromatic nitrogens is 3. The smallest absolute Gasteiger partial charge is 0.312 e. The van der Waals surface area contributed by atoms with Crippen molar-refractivity contribution >= 4 is 0 Å². The summed E-state index contributed by atoms with van der Waals surface area (Å²) in [5.41, 5.74) is 0. The summed E-state index contributed by atoms with van der Waals surface area (Å²) in [6.45, 7) is 1.69. The molecule has 0 aromatic carbocycles. The van der Waals surface area contributed by atoms with Gasteiger partial charge in [-0.3, -0.25) is 9.58 Å². The second kappa shape index (κ2) is 6.33. The Hall–Kier alpha value is -1.15. The minimum absolute atomic E-state index is 0.299. The molecule has 1 aromatic heterocycles. The summed E-state index contributed by atoms with van der Waals surface area (Å²) in [5, 5.41) is 10.9. The molecular formula is C11H18F3N5. The normalized spacial score (nSPS) is 18.9. The molecule has 0 radical (unpaired) electrons. The van der Waals surface area contributed by atoms with Gasteiger partial charge in [-0.05, 0) is 25.9 Å². The quantitative estimate of drug-likeness (QED) is 0.868. The first-order valence-corrected chi connectivity index (χ1v) is 6.39. The fourth-order valence-electron chi connectivity index (χ4n) is 2.28. The van der Waals surface area contributed by atoms with Crippen LogP contribution >= 0.6 is 0 Å². The van der Waals surface area contributed by atoms with E-state index in [0.717, 1.165) is 25.9 Å². The maximum Gasteiger partial charge on any atom is 0.401 e. The Balaban J connectivity index is 1.61. The maximum atomic E-state index is 12.2. The molecule has 0 spiro atoms. The molecule has 108 valence electrons. The van der Waals surface area contributed by atoms with Crippen LogP contribution in [0, 0.1) is 0 Å². The van der Waals surface area contributed by atoms with Crippen LogP contribution in [0.25, 0.3) is 0 Å². The van der Waals surface area contributed by atoms with Gasteiger partial charge in [-0.15, -0.1) is 5.10 Å². The van der Waals surface area contributed by atoms with E-state index in [9.17, 15) is 13.2 Å². The van der Waals surface area contributed by atoms with E-state index in [1.807, 2.05) is 0 Å². The SMILES string of the molecule is FC(F)(F)CN1CCC(NCCn2ccnn2)CC1. The molecule has 1 fully saturated rings. The number of piperidine rings is 1. The van der Waals surface area contributed by atoms with Crippen LogP contribution in [0.2, 0.25) is 0 Å². The summed E-state index contributed by atoms with van der Waals surface area (Å²) in [4.78, 5) is 1.47. The molecule has 1 saturated heterocycles. The average Bonchev–Trinajstić information content (AvgIpc) is 2.82. The van der Waals surface area contributed by atoms with Gasteiger partial charge in [0.05, 0.1) is 19.3 Å². The molecule has 0 bridgehead atoms. The van der Waals surface area contributed by atoms with Gasteiger partial charge < -0.3 is 5.32 Å². The molecule has 0 aliphatic carbocycles. The standard InChI is InChI=1S/C11H18F3N5/c12-11(13,14)9-18-5-1-10(2-6-18)15-3-7-19-8-4-16-17-19/h4,8,10,15H,1-3,5-7,9H2. The molecule has 5 nitrogen and oxygen atoms in total. The minimum atomic E-state index is -4.09. The summed E-state index contributed by atoms with van der Waals surface area (Å²) in [7, 11) is 0. The molecule has 1 N–H and O–H groups in total. The summed E-state index contributed by atoms with van der Waals surface area (Å²) in [6, 6.07) is 0.299. The monoisotopic (exact) mass is 277 g/mol. The Morgan fingerprint density at radius 2 is 2.00 bits per heavy atom. The first kappa shape index (κ1) is 14.3. The van der Waals surface area contributed by atoms with E-state index in [-0.39, 0.29) is 0 Å². The largest absolute Gasteiger partial charge is 0.401 e. The van der Waals surface area contributed by atoms with Gasteiger partial charge in [-0.25, -0.2) is 0 Å². The molecule has 0 saturated carbocycles. The maximum absolute atomic E-state index is 12.2. The lowest BCUT2D eigenvalue weighted by molar-refractivity contribution is -0.148. The van der Waals surface area contributed by atoms with Crippen LogP contribution in [0.4, 0.5) is 13.2 Å². The highest BCUT2D eigenvalue weighted by Crippen LogP contribution is 2.19. The van der Waals surface area contributed by atoms with Crippen molar-refractivity contribution in [3.63, 3.8) is 0 Å². The predicted octanol–water partition coefficient (Wildman–Crippen LogP) is 0.894. The van der Waals surface area contributed by atoms with Crippen LogP contribution in [-0.2, 0) is 6.54 Å². The Kier molecular flexibility index (Phi) is 4.76. The van der Waals surface area contributed by atoms with Crippen molar-refractivity contribution in [1.29, 1.82) is 0 Å². The lowest BCUT2D eigenvalue weighted by atomic mass is 10.1. The molecule has 0 atom stereocenters. The van der Waals surface area contributed by atoms with Crippen LogP contribution in [0.5, 0.6) is 0 Å². The minimum Gasteiger partial charge on any atom is -0.312 e.